The number of pyridine rings is 1. The molecule has 0 bridgehead atoms. The second-order valence-electron chi connectivity index (χ2n) is 4.85. The van der Waals surface area contributed by atoms with Gasteiger partial charge < -0.3 is 15.4 Å². The molecule has 1 heterocycles. The van der Waals surface area contributed by atoms with Gasteiger partial charge in [0.15, 0.2) is 0 Å². The molecule has 1 aromatic carbocycles. The van der Waals surface area contributed by atoms with Gasteiger partial charge in [-0.25, -0.2) is 9.78 Å². The van der Waals surface area contributed by atoms with Gasteiger partial charge in [0.1, 0.15) is 5.69 Å². The minimum atomic E-state index is -0.507. The van der Waals surface area contributed by atoms with Crippen molar-refractivity contribution in [2.24, 2.45) is 0 Å². The molecular formula is C17H19N3O3. The van der Waals surface area contributed by atoms with Crippen LogP contribution in [0.1, 0.15) is 34.2 Å². The van der Waals surface area contributed by atoms with Gasteiger partial charge in [-0.3, -0.25) is 4.79 Å². The van der Waals surface area contributed by atoms with Gasteiger partial charge >= 0.3 is 5.97 Å². The van der Waals surface area contributed by atoms with Gasteiger partial charge in [-0.2, -0.15) is 0 Å². The van der Waals surface area contributed by atoms with E-state index in [0.29, 0.717) is 11.3 Å². The largest absolute Gasteiger partial charge is 0.465 e. The van der Waals surface area contributed by atoms with Crippen LogP contribution in [-0.2, 0) is 4.74 Å². The zero-order valence-electron chi connectivity index (χ0n) is 13.1. The monoisotopic (exact) mass is 313 g/mol. The normalized spacial score (nSPS) is 10.0. The number of carbonyl (C=O) groups excluding carboxylic acids is 2. The summed E-state index contributed by atoms with van der Waals surface area (Å²) in [5, 5.41) is 5.87. The lowest BCUT2D eigenvalue weighted by molar-refractivity contribution is 0.0602. The Kier molecular flexibility index (Phi) is 5.68. The summed E-state index contributed by atoms with van der Waals surface area (Å²) < 4.78 is 4.70. The van der Waals surface area contributed by atoms with Crippen LogP contribution in [0.25, 0.3) is 0 Å². The first-order valence-electron chi connectivity index (χ1n) is 7.34. The fourth-order valence-electron chi connectivity index (χ4n) is 1.97. The van der Waals surface area contributed by atoms with Crippen LogP contribution in [0, 0.1) is 0 Å². The predicted octanol–water partition coefficient (Wildman–Crippen LogP) is 2.94. The molecule has 6 heteroatoms. The molecule has 2 aromatic rings. The van der Waals surface area contributed by atoms with Crippen molar-refractivity contribution in [1.29, 1.82) is 0 Å². The van der Waals surface area contributed by atoms with E-state index in [2.05, 4.69) is 22.5 Å². The Morgan fingerprint density at radius 1 is 1.17 bits per heavy atom. The van der Waals surface area contributed by atoms with Crippen molar-refractivity contribution in [2.75, 3.05) is 24.3 Å². The molecule has 0 aliphatic carbocycles. The zero-order chi connectivity index (χ0) is 16.7. The number of anilines is 2. The molecule has 0 aliphatic heterocycles. The van der Waals surface area contributed by atoms with Crippen molar-refractivity contribution in [3.8, 4) is 0 Å². The molecule has 6 nitrogen and oxygen atoms in total. The van der Waals surface area contributed by atoms with E-state index in [9.17, 15) is 9.59 Å². The first-order valence-corrected chi connectivity index (χ1v) is 7.34. The fraction of sp³-hybridized carbons (Fsp3) is 0.235. The molecule has 0 saturated carbocycles. The lowest BCUT2D eigenvalue weighted by atomic mass is 10.1. The number of methoxy groups -OCH3 is 1. The summed E-state index contributed by atoms with van der Waals surface area (Å²) in [7, 11) is 1.30. The number of rotatable bonds is 6. The lowest BCUT2D eigenvalue weighted by Gasteiger charge is -2.10. The Balaban J connectivity index is 2.12. The molecular weight excluding hydrogens is 294 g/mol. The number of amides is 1. The number of hydrogen-bond donors (Lipinski definition) is 2. The molecule has 23 heavy (non-hydrogen) atoms. The number of carbonyl (C=O) groups is 2. The number of hydrogen-bond acceptors (Lipinski definition) is 5. The first kappa shape index (κ1) is 16.5. The van der Waals surface area contributed by atoms with E-state index in [1.54, 1.807) is 42.6 Å². The van der Waals surface area contributed by atoms with Gasteiger partial charge in [-0.05, 0) is 30.7 Å². The summed E-state index contributed by atoms with van der Waals surface area (Å²) in [6, 6.07) is 10.1. The number of aromatic nitrogens is 1. The highest BCUT2D eigenvalue weighted by Crippen LogP contribution is 2.17. The maximum absolute atomic E-state index is 12.3. The van der Waals surface area contributed by atoms with Crippen molar-refractivity contribution < 1.29 is 14.3 Å². The van der Waals surface area contributed by atoms with Crippen molar-refractivity contribution >= 4 is 23.3 Å². The Hall–Kier alpha value is -2.89. The average molecular weight is 313 g/mol. The van der Waals surface area contributed by atoms with Gasteiger partial charge in [0, 0.05) is 6.54 Å². The van der Waals surface area contributed by atoms with Gasteiger partial charge in [-0.1, -0.05) is 19.1 Å². The van der Waals surface area contributed by atoms with E-state index in [1.165, 1.54) is 7.11 Å². The molecule has 0 radical (unpaired) electrons. The smallest absolute Gasteiger partial charge is 0.339 e. The fourth-order valence-corrected chi connectivity index (χ4v) is 1.97. The number of benzene rings is 1. The zero-order valence-corrected chi connectivity index (χ0v) is 13.1. The quantitative estimate of drug-likeness (QED) is 0.801. The number of nitrogens with one attached hydrogen (secondary N) is 2. The highest BCUT2D eigenvalue weighted by atomic mass is 16.5. The van der Waals surface area contributed by atoms with Gasteiger partial charge in [0.05, 0.1) is 30.2 Å². The van der Waals surface area contributed by atoms with Crippen LogP contribution in [0.4, 0.5) is 11.4 Å². The first-order chi connectivity index (χ1) is 11.2. The minimum Gasteiger partial charge on any atom is -0.465 e. The summed E-state index contributed by atoms with van der Waals surface area (Å²) in [4.78, 5) is 28.1. The molecule has 0 unspecified atom stereocenters. The van der Waals surface area contributed by atoms with E-state index in [1.807, 2.05) is 0 Å². The van der Waals surface area contributed by atoms with Crippen molar-refractivity contribution in [3.63, 3.8) is 0 Å². The number of esters is 1. The second kappa shape index (κ2) is 7.93. The average Bonchev–Trinajstić information content (AvgIpc) is 2.60. The van der Waals surface area contributed by atoms with Crippen LogP contribution < -0.4 is 10.6 Å². The van der Waals surface area contributed by atoms with E-state index < -0.39 is 5.97 Å². The van der Waals surface area contributed by atoms with Gasteiger partial charge in [0.25, 0.3) is 5.91 Å². The summed E-state index contributed by atoms with van der Waals surface area (Å²) in [5.41, 5.74) is 1.81. The topological polar surface area (TPSA) is 80.3 Å². The van der Waals surface area contributed by atoms with Crippen molar-refractivity contribution in [1.82, 2.24) is 4.98 Å². The van der Waals surface area contributed by atoms with Crippen LogP contribution in [0.15, 0.2) is 42.6 Å². The van der Waals surface area contributed by atoms with Crippen LogP contribution in [0.5, 0.6) is 0 Å². The SMILES string of the molecule is CCCNc1ccc(C(=O)Nc2ccccc2C(=O)OC)nc1. The molecule has 1 aromatic heterocycles. The highest BCUT2D eigenvalue weighted by molar-refractivity contribution is 6.07. The predicted molar refractivity (Wildman–Crippen MR) is 88.8 cm³/mol. The third kappa shape index (κ3) is 4.29. The molecule has 2 rings (SSSR count). The second-order valence-corrected chi connectivity index (χ2v) is 4.85. The van der Waals surface area contributed by atoms with E-state index in [4.69, 9.17) is 4.74 Å². The Labute approximate surface area is 134 Å². The maximum atomic E-state index is 12.3. The van der Waals surface area contributed by atoms with Gasteiger partial charge in [-0.15, -0.1) is 0 Å². The molecule has 1 amide bonds. The molecule has 0 atom stereocenters. The molecule has 120 valence electrons. The Morgan fingerprint density at radius 2 is 1.96 bits per heavy atom. The number of para-hydroxylation sites is 1. The molecule has 0 spiro atoms. The highest BCUT2D eigenvalue weighted by Gasteiger charge is 2.14. The Bertz CT molecular complexity index is 684. The van der Waals surface area contributed by atoms with E-state index in [-0.39, 0.29) is 11.6 Å². The number of nitrogens with zero attached hydrogens (tertiary/aromatic N) is 1. The summed E-state index contributed by atoms with van der Waals surface area (Å²) >= 11 is 0. The standard InChI is InChI=1S/C17H19N3O3/c1-3-10-18-12-8-9-15(19-11-12)16(21)20-14-7-5-4-6-13(14)17(22)23-2/h4-9,11,18H,3,10H2,1-2H3,(H,20,21). The van der Waals surface area contributed by atoms with Crippen molar-refractivity contribution in [2.45, 2.75) is 13.3 Å². The molecule has 0 aliphatic rings. The lowest BCUT2D eigenvalue weighted by Crippen LogP contribution is -2.16. The minimum absolute atomic E-state index is 0.270. The third-order valence-electron chi connectivity index (χ3n) is 3.16. The van der Waals surface area contributed by atoms with E-state index in [0.717, 1.165) is 18.7 Å². The summed E-state index contributed by atoms with van der Waals surface area (Å²) in [6.07, 6.45) is 2.61. The number of ether oxygens (including phenoxy) is 1. The Morgan fingerprint density at radius 3 is 2.61 bits per heavy atom. The van der Waals surface area contributed by atoms with E-state index >= 15 is 0 Å². The molecule has 0 saturated heterocycles. The van der Waals surface area contributed by atoms with Crippen molar-refractivity contribution in [3.05, 3.63) is 53.9 Å². The maximum Gasteiger partial charge on any atom is 0.339 e. The van der Waals surface area contributed by atoms with Crippen LogP contribution >= 0.6 is 0 Å². The summed E-state index contributed by atoms with van der Waals surface area (Å²) in [5.74, 6) is -0.892. The van der Waals surface area contributed by atoms with Gasteiger partial charge in [0.2, 0.25) is 0 Å². The van der Waals surface area contributed by atoms with Crippen LogP contribution in [-0.4, -0.2) is 30.5 Å². The third-order valence-corrected chi connectivity index (χ3v) is 3.16. The summed E-state index contributed by atoms with van der Waals surface area (Å²) in [6.45, 7) is 2.92. The molecule has 0 fully saturated rings. The van der Waals surface area contributed by atoms with Crippen LogP contribution in [0.3, 0.4) is 0 Å². The molecule has 2 N–H and O–H groups in total. The van der Waals surface area contributed by atoms with Crippen LogP contribution in [0.2, 0.25) is 0 Å².